The number of carbonyl (C=O) groups is 1. The quantitative estimate of drug-likeness (QED) is 0.521. The van der Waals surface area contributed by atoms with Crippen LogP contribution >= 0.6 is 0 Å². The Hall–Kier alpha value is -1.97. The summed E-state index contributed by atoms with van der Waals surface area (Å²) < 4.78 is 11.0. The van der Waals surface area contributed by atoms with E-state index >= 15 is 0 Å². The van der Waals surface area contributed by atoms with Crippen LogP contribution < -0.4 is 15.2 Å². The molecule has 0 aromatic heterocycles. The molecule has 2 aromatic carbocycles. The number of ether oxygens (including phenoxy) is 2. The summed E-state index contributed by atoms with van der Waals surface area (Å²) in [6.45, 7) is 1.88. The molecule has 0 aliphatic heterocycles. The normalized spacial score (nSPS) is 9.62. The van der Waals surface area contributed by atoms with Gasteiger partial charge in [-0.25, -0.2) is 0 Å². The first-order chi connectivity index (χ1) is 9.61. The fraction of sp³-hybridized carbons (Fsp3) is 0.188. The van der Waals surface area contributed by atoms with Crippen molar-refractivity contribution < 1.29 is 31.3 Å². The summed E-state index contributed by atoms with van der Waals surface area (Å²) in [5.41, 5.74) is 7.73. The number of Topliss-reactive ketones (excluding diaryl/α,β-unsaturated/α-hetero) is 1. The molecule has 0 amide bonds. The third-order valence-corrected chi connectivity index (χ3v) is 2.95. The molecule has 2 aromatic rings. The molecule has 0 fully saturated rings. The van der Waals surface area contributed by atoms with Gasteiger partial charge in [-0.15, -0.1) is 0 Å². The summed E-state index contributed by atoms with van der Waals surface area (Å²) >= 11 is 0. The molecule has 2 N–H and O–H groups in total. The van der Waals surface area contributed by atoms with Crippen LogP contribution in [-0.4, -0.2) is 12.9 Å². The first-order valence-electron chi connectivity index (χ1n) is 6.27. The van der Waals surface area contributed by atoms with Crippen molar-refractivity contribution in [1.82, 2.24) is 0 Å². The topological polar surface area (TPSA) is 61.5 Å². The molecule has 0 bridgehead atoms. The van der Waals surface area contributed by atoms with Gasteiger partial charge in [-0.2, -0.15) is 0 Å². The van der Waals surface area contributed by atoms with E-state index in [0.29, 0.717) is 29.4 Å². The molecule has 4 nitrogen and oxygen atoms in total. The summed E-state index contributed by atoms with van der Waals surface area (Å²) in [6, 6.07) is 13.0. The van der Waals surface area contributed by atoms with Gasteiger partial charge in [-0.05, 0) is 18.6 Å². The minimum absolute atomic E-state index is 0. The van der Waals surface area contributed by atoms with Gasteiger partial charge in [-0.1, -0.05) is 30.3 Å². The maximum Gasteiger partial charge on any atom is 0.163 e. The molecule has 21 heavy (non-hydrogen) atoms. The van der Waals surface area contributed by atoms with E-state index in [1.165, 1.54) is 14.0 Å². The van der Waals surface area contributed by atoms with Crippen LogP contribution in [0.15, 0.2) is 42.5 Å². The monoisotopic (exact) mass is 327 g/mol. The predicted octanol–water partition coefficient (Wildman–Crippen LogP) is 3.06. The summed E-state index contributed by atoms with van der Waals surface area (Å²) in [6.07, 6.45) is 0. The van der Waals surface area contributed by atoms with E-state index in [0.717, 1.165) is 5.56 Å². The molecule has 0 atom stereocenters. The van der Waals surface area contributed by atoms with E-state index in [9.17, 15) is 4.79 Å². The van der Waals surface area contributed by atoms with E-state index in [-0.39, 0.29) is 22.9 Å². The van der Waals surface area contributed by atoms with E-state index in [1.54, 1.807) is 12.1 Å². The van der Waals surface area contributed by atoms with Crippen molar-refractivity contribution in [1.29, 1.82) is 0 Å². The van der Waals surface area contributed by atoms with Crippen LogP contribution in [0.1, 0.15) is 22.8 Å². The molecule has 0 saturated heterocycles. The fourth-order valence-corrected chi connectivity index (χ4v) is 1.89. The Kier molecular flexibility index (Phi) is 6.28. The number of anilines is 1. The first kappa shape index (κ1) is 17.1. The number of ketones is 1. The molecule has 2 rings (SSSR count). The number of hydrogen-bond donors (Lipinski definition) is 1. The minimum atomic E-state index is -0.101. The summed E-state index contributed by atoms with van der Waals surface area (Å²) in [4.78, 5) is 11.4. The fourth-order valence-electron chi connectivity index (χ4n) is 1.89. The van der Waals surface area contributed by atoms with Gasteiger partial charge in [0.2, 0.25) is 0 Å². The Morgan fingerprint density at radius 2 is 1.81 bits per heavy atom. The molecule has 0 aliphatic carbocycles. The number of nitrogens with two attached hydrogens (primary N) is 1. The Morgan fingerprint density at radius 3 is 2.38 bits per heavy atom. The number of carbonyl (C=O) groups excluding carboxylic acids is 1. The van der Waals surface area contributed by atoms with Crippen molar-refractivity contribution in [2.24, 2.45) is 0 Å². The SMILES string of the molecule is COc1cc(C(C)=O)c(N)cc1OCc1ccccc1.[Fe]. The van der Waals surface area contributed by atoms with E-state index in [4.69, 9.17) is 15.2 Å². The van der Waals surface area contributed by atoms with Gasteiger partial charge >= 0.3 is 0 Å². The maximum absolute atomic E-state index is 11.4. The number of rotatable bonds is 5. The minimum Gasteiger partial charge on any atom is -0.493 e. The number of benzene rings is 2. The zero-order valence-corrected chi connectivity index (χ0v) is 13.0. The smallest absolute Gasteiger partial charge is 0.163 e. The third-order valence-electron chi connectivity index (χ3n) is 2.95. The number of hydrogen-bond acceptors (Lipinski definition) is 4. The molecule has 0 saturated carbocycles. The summed E-state index contributed by atoms with van der Waals surface area (Å²) in [5, 5.41) is 0. The molecule has 0 radical (unpaired) electrons. The van der Waals surface area contributed by atoms with Gasteiger partial charge in [0.15, 0.2) is 17.3 Å². The Morgan fingerprint density at radius 1 is 1.14 bits per heavy atom. The maximum atomic E-state index is 11.4. The van der Waals surface area contributed by atoms with Crippen molar-refractivity contribution in [3.05, 3.63) is 53.6 Å². The van der Waals surface area contributed by atoms with Crippen LogP contribution in [0.4, 0.5) is 5.69 Å². The van der Waals surface area contributed by atoms with Gasteiger partial charge < -0.3 is 15.2 Å². The van der Waals surface area contributed by atoms with E-state index in [2.05, 4.69) is 0 Å². The van der Waals surface area contributed by atoms with E-state index < -0.39 is 0 Å². The second-order valence-corrected chi connectivity index (χ2v) is 4.42. The van der Waals surface area contributed by atoms with Gasteiger partial charge in [0.25, 0.3) is 0 Å². The van der Waals surface area contributed by atoms with Crippen molar-refractivity contribution in [3.63, 3.8) is 0 Å². The van der Waals surface area contributed by atoms with Gasteiger partial charge in [-0.3, -0.25) is 4.79 Å². The molecular formula is C16H17FeNO3. The zero-order chi connectivity index (χ0) is 14.5. The van der Waals surface area contributed by atoms with Crippen LogP contribution in [0.2, 0.25) is 0 Å². The van der Waals surface area contributed by atoms with Gasteiger partial charge in [0.1, 0.15) is 6.61 Å². The molecule has 0 unspecified atom stereocenters. The average molecular weight is 327 g/mol. The van der Waals surface area contributed by atoms with Crippen LogP contribution in [-0.2, 0) is 23.7 Å². The molecule has 0 heterocycles. The van der Waals surface area contributed by atoms with Crippen molar-refractivity contribution in [3.8, 4) is 11.5 Å². The Balaban J connectivity index is 0.00000220. The van der Waals surface area contributed by atoms with Crippen molar-refractivity contribution in [2.75, 3.05) is 12.8 Å². The first-order valence-corrected chi connectivity index (χ1v) is 6.27. The van der Waals surface area contributed by atoms with Crippen molar-refractivity contribution in [2.45, 2.75) is 13.5 Å². The number of methoxy groups -OCH3 is 1. The molecular weight excluding hydrogens is 310 g/mol. The van der Waals surface area contributed by atoms with Crippen LogP contribution in [0.25, 0.3) is 0 Å². The molecule has 0 aliphatic rings. The van der Waals surface area contributed by atoms with E-state index in [1.807, 2.05) is 30.3 Å². The van der Waals surface area contributed by atoms with Crippen LogP contribution in [0.3, 0.4) is 0 Å². The Bertz CT molecular complexity index is 614. The van der Waals surface area contributed by atoms with Crippen LogP contribution in [0.5, 0.6) is 11.5 Å². The second-order valence-electron chi connectivity index (χ2n) is 4.42. The summed E-state index contributed by atoms with van der Waals surface area (Å²) in [5.74, 6) is 0.926. The van der Waals surface area contributed by atoms with Gasteiger partial charge in [0.05, 0.1) is 7.11 Å². The van der Waals surface area contributed by atoms with Gasteiger partial charge in [0, 0.05) is 34.4 Å². The Labute approximate surface area is 134 Å². The second kappa shape index (κ2) is 7.72. The largest absolute Gasteiger partial charge is 0.493 e. The third kappa shape index (κ3) is 4.25. The molecule has 0 spiro atoms. The zero-order valence-electron chi connectivity index (χ0n) is 11.9. The van der Waals surface area contributed by atoms with Crippen molar-refractivity contribution >= 4 is 11.5 Å². The van der Waals surface area contributed by atoms with Crippen LogP contribution in [0, 0.1) is 0 Å². The molecule has 5 heteroatoms. The summed E-state index contributed by atoms with van der Waals surface area (Å²) in [7, 11) is 1.53. The molecule has 112 valence electrons. The standard InChI is InChI=1S/C16H17NO3.Fe/c1-11(18)13-8-15(19-2)16(9-14(13)17)20-10-12-6-4-3-5-7-12;/h3-9H,10,17H2,1-2H3;. The average Bonchev–Trinajstić information content (AvgIpc) is 2.46. The number of nitrogen functional groups attached to an aromatic ring is 1. The predicted molar refractivity (Wildman–Crippen MR) is 78.2 cm³/mol.